The highest BCUT2D eigenvalue weighted by molar-refractivity contribution is 6.26. The molecule has 0 aliphatic carbocycles. The van der Waals surface area contributed by atoms with Crippen molar-refractivity contribution in [2.75, 3.05) is 102 Å². The molecule has 0 spiro atoms. The van der Waals surface area contributed by atoms with Crippen LogP contribution in [0.1, 0.15) is 218 Å². The average Bonchev–Trinajstić information content (AvgIpc) is 1.16. The van der Waals surface area contributed by atoms with Gasteiger partial charge >= 0.3 is 0 Å². The number of hydrogen-bond donors (Lipinski definition) is 5. The monoisotopic (exact) mass is 1910 g/mol. The number of ketones is 5. The average molecular weight is 1910 g/mol. The van der Waals surface area contributed by atoms with Crippen LogP contribution in [-0.2, 0) is 40.8 Å². The van der Waals surface area contributed by atoms with Gasteiger partial charge in [-0.05, 0) is 141 Å². The minimum Gasteiger partial charge on any atom is -0.377 e. The lowest BCUT2D eigenvalue weighted by molar-refractivity contribution is 0.0991. The zero-order valence-electron chi connectivity index (χ0n) is 82.1. The van der Waals surface area contributed by atoms with E-state index in [2.05, 4.69) is 256 Å². The number of carbonyl (C=O) groups excluding carboxylic acids is 5. The normalized spacial score (nSPS) is 20.2. The highest BCUT2D eigenvalue weighted by Gasteiger charge is 2.48. The van der Waals surface area contributed by atoms with E-state index in [0.29, 0.717) is 16.8 Å². The van der Waals surface area contributed by atoms with Crippen LogP contribution < -0.4 is 26.6 Å². The first-order valence-electron chi connectivity index (χ1n) is 48.9. The second-order valence-corrected chi connectivity index (χ2v) is 39.2. The Morgan fingerprint density at radius 1 is 0.285 bits per heavy atom. The Bertz CT molecular complexity index is 7590. The van der Waals surface area contributed by atoms with E-state index in [0.717, 1.165) is 138 Å². The lowest BCUT2D eigenvalue weighted by Crippen LogP contribution is -2.37. The number of imidazole rings is 3. The number of anilines is 5. The van der Waals surface area contributed by atoms with Crippen molar-refractivity contribution in [3.8, 4) is 0 Å². The third-order valence-corrected chi connectivity index (χ3v) is 28.6. The fraction of sp³-hybridized carbons (Fsp3) is 0.235. The van der Waals surface area contributed by atoms with Crippen molar-refractivity contribution < 1.29 is 28.4 Å². The Kier molecular flexibility index (Phi) is 26.2. The second kappa shape index (κ2) is 40.1. The van der Waals surface area contributed by atoms with E-state index in [1.807, 2.05) is 181 Å². The van der Waals surface area contributed by atoms with Crippen molar-refractivity contribution in [2.45, 2.75) is 86.4 Å². The number of halogens is 1. The van der Waals surface area contributed by atoms with Gasteiger partial charge in [0.2, 0.25) is 0 Å². The van der Waals surface area contributed by atoms with Crippen LogP contribution in [0.3, 0.4) is 0 Å². The predicted molar refractivity (Wildman–Crippen MR) is 568 cm³/mol. The summed E-state index contributed by atoms with van der Waals surface area (Å²) in [5.41, 5.74) is 30.6. The molecule has 3 aromatic heterocycles. The number of benzene rings is 12. The maximum Gasteiger partial charge on any atom is 0.185 e. The summed E-state index contributed by atoms with van der Waals surface area (Å²) in [6.45, 7) is 5.71. The van der Waals surface area contributed by atoms with Crippen molar-refractivity contribution in [2.24, 2.45) is 46.1 Å². The van der Waals surface area contributed by atoms with Gasteiger partial charge in [0.25, 0.3) is 0 Å². The van der Waals surface area contributed by atoms with Crippen LogP contribution in [0.5, 0.6) is 0 Å². The summed E-state index contributed by atoms with van der Waals surface area (Å²) in [7, 11) is 18.5. The number of aromatic nitrogens is 6. The molecule has 10 aliphatic heterocycles. The van der Waals surface area contributed by atoms with Crippen LogP contribution in [-0.4, -0.2) is 176 Å². The number of hydrogen-bond acceptors (Lipinski definition) is 21. The molecule has 0 radical (unpaired) electrons. The van der Waals surface area contributed by atoms with Crippen LogP contribution in [0, 0.1) is 12.7 Å². The second-order valence-electron chi connectivity index (χ2n) is 39.2. The van der Waals surface area contributed by atoms with Gasteiger partial charge in [-0.25, -0.2) is 19.3 Å². The number of aliphatic imine (C=N–C) groups is 5. The van der Waals surface area contributed by atoms with Crippen molar-refractivity contribution >= 4 is 85.9 Å². The number of carbonyl (C=O) groups is 5. The van der Waals surface area contributed by atoms with Gasteiger partial charge in [-0.15, -0.1) is 0 Å². The van der Waals surface area contributed by atoms with Gasteiger partial charge in [-0.1, -0.05) is 242 Å². The summed E-state index contributed by atoms with van der Waals surface area (Å²) in [6, 6.07) is 92.4. The third kappa shape index (κ3) is 18.3. The summed E-state index contributed by atoms with van der Waals surface area (Å²) in [4.78, 5) is 106. The van der Waals surface area contributed by atoms with E-state index in [1.165, 1.54) is 67.8 Å². The molecular formula is C119H112FN19O5. The molecule has 25 heteroatoms. The quantitative estimate of drug-likeness (QED) is 0.0602. The maximum atomic E-state index is 14.2. The molecule has 0 saturated heterocycles. The fourth-order valence-corrected chi connectivity index (χ4v) is 22.1. The summed E-state index contributed by atoms with van der Waals surface area (Å²) in [6.07, 6.45) is 11.2. The van der Waals surface area contributed by atoms with Crippen molar-refractivity contribution in [1.29, 1.82) is 0 Å². The Labute approximate surface area is 836 Å². The van der Waals surface area contributed by atoms with E-state index >= 15 is 0 Å². The summed E-state index contributed by atoms with van der Waals surface area (Å²) in [5, 5.41) is 18.3. The third-order valence-electron chi connectivity index (χ3n) is 28.6. The molecule has 720 valence electrons. The lowest BCUT2D eigenvalue weighted by atomic mass is 9.75. The fourth-order valence-electron chi connectivity index (χ4n) is 22.1. The Morgan fingerprint density at radius 2 is 0.535 bits per heavy atom. The number of nitrogens with one attached hydrogen (secondary N) is 5. The molecule has 13 heterocycles. The molecule has 10 aliphatic rings. The molecule has 0 bridgehead atoms. The molecule has 0 fully saturated rings. The first-order chi connectivity index (χ1) is 70.0. The van der Waals surface area contributed by atoms with Crippen molar-refractivity contribution in [1.82, 2.24) is 43.4 Å². The minimum atomic E-state index is -0.423. The zero-order chi connectivity index (χ0) is 99.2. The maximum absolute atomic E-state index is 14.2. The molecule has 24 nitrogen and oxygen atoms in total. The number of rotatable bonds is 16. The van der Waals surface area contributed by atoms with E-state index in [-0.39, 0.29) is 121 Å². The van der Waals surface area contributed by atoms with Crippen LogP contribution in [0.4, 0.5) is 32.8 Å². The van der Waals surface area contributed by atoms with Gasteiger partial charge in [0.15, 0.2) is 28.9 Å². The molecule has 15 aromatic rings. The molecule has 5 N–H and O–H groups in total. The molecule has 0 saturated carbocycles. The van der Waals surface area contributed by atoms with Crippen LogP contribution >= 0.6 is 0 Å². The van der Waals surface area contributed by atoms with Crippen molar-refractivity contribution in [3.63, 3.8) is 0 Å². The topological polar surface area (TPSA) is 270 Å². The largest absolute Gasteiger partial charge is 0.377 e. The standard InChI is InChI=1S/C29H32N4O.C26H25N3O.C22H20N4O.C21H17FN4O.C21H18N4O/c1-32(2)17-19-8-12-21(13-9-19)26-28(22-14-10-20(11-15-22)18-33(3)4)31-24-7-5-6-23-25(34)16-30-29(26)27(23)24;1-29(2)16-17-11-13-19(14-12-17)25-23(18-7-4-3-5-8-18)26-24-20(22(30)15-27-26)9-6-10-21(24)28-25;1-13-6-8-14(9-7-13)20-19(22-23-10-11-26(22)2)21-18-15(17(27)12-24-21)4-3-5-16(18)25-20;1-26-8-7-23-21(26)18-19(12-5-3-2-4-6-12)25-15-10-13(22)9-14-16(27)11-24-20(18)17(14)15;1-25-11-10-22-21(25)18-19(13-6-3-2-4-7-13)24-15-9-5-8-14-16(26)12-23-20(18)17(14)15/h5-15,26,28,31H,16-18H2,1-4H3;3-14,23,25,28H,15-16H2,1-2H3;3-11,19-20,25H,12H2,1-2H3;2-10,18-19,25H,11H2,1H3;2-11,18-19,24H,12H2,1H3. The van der Waals surface area contributed by atoms with Gasteiger partial charge in [0, 0.05) is 162 Å². The van der Waals surface area contributed by atoms with Crippen molar-refractivity contribution in [3.05, 3.63) is 450 Å². The number of aryl methyl sites for hydroxylation is 4. The molecule has 10 unspecified atom stereocenters. The summed E-state index contributed by atoms with van der Waals surface area (Å²) >= 11 is 0. The van der Waals surface area contributed by atoms with E-state index in [1.54, 1.807) is 6.20 Å². The SMILES string of the molecule is CN(C)Cc1ccc(C2Nc3cccc4c3C(=NCC4=O)C2c2ccc(CN(C)C)cc2)cc1.CN(C)Cc1ccc(C2Nc3cccc4c3C(=NCC4=O)C2c2ccccc2)cc1.Cc1ccc(C2Nc3cccc4c3C(=NCC4=O)C2c2nccn2C)cc1.Cn1ccnc1C1C2=NCC(=O)c3cc(F)cc(c32)NC1c1ccccc1.Cn1ccnc1C1C2=NCC(=O)c3cccc(c32)NC1c1ccccc1. The van der Waals surface area contributed by atoms with E-state index < -0.39 is 5.82 Å². The Hall–Kier alpha value is -16.2. The molecule has 12 aromatic carbocycles. The lowest BCUT2D eigenvalue weighted by Gasteiger charge is -2.38. The molecule has 25 rings (SSSR count). The van der Waals surface area contributed by atoms with Gasteiger partial charge in [-0.2, -0.15) is 0 Å². The molecule has 0 amide bonds. The highest BCUT2D eigenvalue weighted by Crippen LogP contribution is 2.52. The highest BCUT2D eigenvalue weighted by atomic mass is 19.1. The van der Waals surface area contributed by atoms with Crippen LogP contribution in [0.15, 0.2) is 335 Å². The Morgan fingerprint density at radius 3 is 0.833 bits per heavy atom. The zero-order valence-corrected chi connectivity index (χ0v) is 82.1. The molecule has 144 heavy (non-hydrogen) atoms. The predicted octanol–water partition coefficient (Wildman–Crippen LogP) is 19.9. The van der Waals surface area contributed by atoms with Gasteiger partial charge in [0.05, 0.1) is 88.4 Å². The number of Topliss-reactive ketones (excluding diaryl/α,β-unsaturated/α-hetero) is 5. The molecule has 10 atom stereocenters. The smallest absolute Gasteiger partial charge is 0.185 e. The molecular weight excluding hydrogens is 1790 g/mol. The van der Waals surface area contributed by atoms with Gasteiger partial charge < -0.3 is 55.0 Å². The summed E-state index contributed by atoms with van der Waals surface area (Å²) < 4.78 is 20.2. The van der Waals surface area contributed by atoms with Gasteiger partial charge in [-0.3, -0.25) is 48.9 Å². The van der Waals surface area contributed by atoms with E-state index in [4.69, 9.17) is 20.0 Å². The minimum absolute atomic E-state index is 0.00130. The number of nitrogens with zero attached hydrogens (tertiary/aromatic N) is 14. The first kappa shape index (κ1) is 94.0. The first-order valence-corrected chi connectivity index (χ1v) is 48.9. The van der Waals surface area contributed by atoms with Crippen LogP contribution in [0.2, 0.25) is 0 Å². The Balaban J connectivity index is 0.000000106. The van der Waals surface area contributed by atoms with Gasteiger partial charge in [0.1, 0.15) is 56.0 Å². The van der Waals surface area contributed by atoms with Crippen LogP contribution in [0.25, 0.3) is 0 Å². The van der Waals surface area contributed by atoms with E-state index in [9.17, 15) is 28.4 Å². The summed E-state index contributed by atoms with van der Waals surface area (Å²) in [5.74, 6) is 2.26.